The van der Waals surface area contributed by atoms with Gasteiger partial charge in [-0.3, -0.25) is 9.59 Å². The second-order valence-electron chi connectivity index (χ2n) is 5.89. The normalized spacial score (nSPS) is 12.4. The van der Waals surface area contributed by atoms with E-state index in [1.807, 2.05) is 30.5 Å². The molecule has 1 heterocycles. The van der Waals surface area contributed by atoms with Crippen LogP contribution < -0.4 is 14.8 Å². The number of nitrogens with one attached hydrogen (secondary N) is 1. The van der Waals surface area contributed by atoms with Crippen molar-refractivity contribution >= 4 is 40.9 Å². The fourth-order valence-electron chi connectivity index (χ4n) is 2.68. The van der Waals surface area contributed by atoms with Crippen molar-refractivity contribution in [2.75, 3.05) is 38.4 Å². The van der Waals surface area contributed by atoms with E-state index in [1.165, 1.54) is 22.7 Å². The fraction of sp³-hybridized carbons (Fsp3) is 0.263. The van der Waals surface area contributed by atoms with E-state index in [9.17, 15) is 9.59 Å². The summed E-state index contributed by atoms with van der Waals surface area (Å²) in [5.74, 6) is 0.260. The molecule has 0 aliphatic carbocycles. The third-order valence-electron chi connectivity index (χ3n) is 3.95. The lowest BCUT2D eigenvalue weighted by Gasteiger charge is -2.22. The second-order valence-corrected chi connectivity index (χ2v) is 7.15. The molecule has 0 spiro atoms. The van der Waals surface area contributed by atoms with Gasteiger partial charge >= 0.3 is 0 Å². The summed E-state index contributed by atoms with van der Waals surface area (Å²) in [7, 11) is 1.56. The Bertz CT molecular complexity index is 875. The van der Waals surface area contributed by atoms with Crippen molar-refractivity contribution in [3.05, 3.63) is 47.0 Å². The van der Waals surface area contributed by atoms with Crippen LogP contribution in [0.2, 0.25) is 5.02 Å². The number of carbonyl (C=O) groups excluding carboxylic acids is 2. The lowest BCUT2D eigenvalue weighted by molar-refractivity contribution is -0.116. The topological polar surface area (TPSA) is 67.9 Å². The highest BCUT2D eigenvalue weighted by Crippen LogP contribution is 2.38. The van der Waals surface area contributed by atoms with Crippen LogP contribution in [0.1, 0.15) is 10.4 Å². The first kappa shape index (κ1) is 19.4. The van der Waals surface area contributed by atoms with Gasteiger partial charge in [0.15, 0.2) is 11.5 Å². The molecular formula is C19H19ClN2O4S. The van der Waals surface area contributed by atoms with Crippen molar-refractivity contribution in [2.24, 2.45) is 0 Å². The molecule has 8 heteroatoms. The van der Waals surface area contributed by atoms with E-state index < -0.39 is 0 Å². The fourth-order valence-corrected chi connectivity index (χ4v) is 3.50. The number of anilines is 1. The van der Waals surface area contributed by atoms with E-state index in [-0.39, 0.29) is 18.4 Å². The zero-order valence-electron chi connectivity index (χ0n) is 15.0. The molecule has 3 rings (SSSR count). The van der Waals surface area contributed by atoms with Gasteiger partial charge in [0.2, 0.25) is 5.91 Å². The first-order chi connectivity index (χ1) is 13.0. The number of para-hydroxylation sites is 1. The van der Waals surface area contributed by atoms with Crippen LogP contribution in [0.25, 0.3) is 0 Å². The Morgan fingerprint density at radius 1 is 1.22 bits per heavy atom. The molecule has 0 fully saturated rings. The number of halogens is 1. The molecule has 27 heavy (non-hydrogen) atoms. The molecule has 1 N–H and O–H groups in total. The second kappa shape index (κ2) is 8.54. The summed E-state index contributed by atoms with van der Waals surface area (Å²) >= 11 is 7.72. The summed E-state index contributed by atoms with van der Waals surface area (Å²) in [6, 6.07) is 10.6. The maximum atomic E-state index is 12.7. The Morgan fingerprint density at radius 3 is 2.74 bits per heavy atom. The Labute approximate surface area is 166 Å². The number of benzene rings is 2. The number of thioether (sulfide) groups is 1. The van der Waals surface area contributed by atoms with Gasteiger partial charge in [-0.2, -0.15) is 0 Å². The summed E-state index contributed by atoms with van der Waals surface area (Å²) in [6.45, 7) is 0.722. The largest absolute Gasteiger partial charge is 0.486 e. The molecule has 2 amide bonds. The van der Waals surface area contributed by atoms with Crippen LogP contribution >= 0.6 is 23.4 Å². The van der Waals surface area contributed by atoms with E-state index >= 15 is 0 Å². The van der Waals surface area contributed by atoms with Crippen LogP contribution in [-0.2, 0) is 4.79 Å². The monoisotopic (exact) mass is 406 g/mol. The minimum Gasteiger partial charge on any atom is -0.486 e. The highest BCUT2D eigenvalue weighted by atomic mass is 35.5. The highest BCUT2D eigenvalue weighted by molar-refractivity contribution is 7.98. The molecule has 0 bridgehead atoms. The molecule has 0 radical (unpaired) electrons. The number of carbonyl (C=O) groups is 2. The first-order valence-electron chi connectivity index (χ1n) is 8.27. The highest BCUT2D eigenvalue weighted by Gasteiger charge is 2.22. The van der Waals surface area contributed by atoms with Crippen molar-refractivity contribution in [1.29, 1.82) is 0 Å². The average Bonchev–Trinajstić information content (AvgIpc) is 2.67. The summed E-state index contributed by atoms with van der Waals surface area (Å²) in [5.41, 5.74) is 1.06. The minimum absolute atomic E-state index is 0.0897. The van der Waals surface area contributed by atoms with Gasteiger partial charge in [0.05, 0.1) is 17.3 Å². The number of amides is 2. The Morgan fingerprint density at radius 2 is 1.96 bits per heavy atom. The van der Waals surface area contributed by atoms with Crippen molar-refractivity contribution < 1.29 is 19.1 Å². The number of hydrogen-bond donors (Lipinski definition) is 1. The summed E-state index contributed by atoms with van der Waals surface area (Å²) in [6.07, 6.45) is 1.94. The summed E-state index contributed by atoms with van der Waals surface area (Å²) in [4.78, 5) is 27.3. The van der Waals surface area contributed by atoms with Crippen molar-refractivity contribution in [2.45, 2.75) is 4.90 Å². The van der Waals surface area contributed by atoms with Crippen LogP contribution in [0.3, 0.4) is 0 Å². The van der Waals surface area contributed by atoms with Crippen molar-refractivity contribution in [3.63, 3.8) is 0 Å². The molecule has 1 aliphatic heterocycles. The van der Waals surface area contributed by atoms with Crippen LogP contribution in [-0.4, -0.2) is 49.8 Å². The molecular weight excluding hydrogens is 388 g/mol. The molecule has 6 nitrogen and oxygen atoms in total. The van der Waals surface area contributed by atoms with E-state index in [1.54, 1.807) is 13.1 Å². The van der Waals surface area contributed by atoms with Gasteiger partial charge in [-0.1, -0.05) is 23.7 Å². The Hall–Kier alpha value is -2.38. The SMILES string of the molecule is CSc1ccccc1NC(=O)CN(C)C(=O)c1cc(Cl)c2c(c1)OCCO2. The predicted molar refractivity (Wildman–Crippen MR) is 106 cm³/mol. The molecule has 2 aromatic rings. The van der Waals surface area contributed by atoms with Gasteiger partial charge in [-0.15, -0.1) is 11.8 Å². The van der Waals surface area contributed by atoms with E-state index in [0.29, 0.717) is 35.3 Å². The average molecular weight is 407 g/mol. The van der Waals surface area contributed by atoms with Crippen LogP contribution in [0, 0.1) is 0 Å². The van der Waals surface area contributed by atoms with Gasteiger partial charge in [-0.25, -0.2) is 0 Å². The Balaban J connectivity index is 1.69. The number of fused-ring (bicyclic) bond motifs is 1. The molecule has 142 valence electrons. The molecule has 0 atom stereocenters. The van der Waals surface area contributed by atoms with Gasteiger partial charge in [0.25, 0.3) is 5.91 Å². The van der Waals surface area contributed by atoms with E-state index in [4.69, 9.17) is 21.1 Å². The van der Waals surface area contributed by atoms with E-state index in [2.05, 4.69) is 5.32 Å². The number of ether oxygens (including phenoxy) is 2. The lowest BCUT2D eigenvalue weighted by Crippen LogP contribution is -2.35. The third kappa shape index (κ3) is 4.48. The maximum Gasteiger partial charge on any atom is 0.254 e. The molecule has 2 aromatic carbocycles. The van der Waals surface area contributed by atoms with Crippen LogP contribution in [0.4, 0.5) is 5.69 Å². The maximum absolute atomic E-state index is 12.7. The number of hydrogen-bond acceptors (Lipinski definition) is 5. The van der Waals surface area contributed by atoms with E-state index in [0.717, 1.165) is 10.6 Å². The van der Waals surface area contributed by atoms with Gasteiger partial charge in [-0.05, 0) is 30.5 Å². The standard InChI is InChI=1S/C19H19ClN2O4S/c1-22(11-17(23)21-14-5-3-4-6-16(14)27-2)19(24)12-9-13(20)18-15(10-12)25-7-8-26-18/h3-6,9-10H,7-8,11H2,1-2H3,(H,21,23). The van der Waals surface area contributed by atoms with Crippen LogP contribution in [0.15, 0.2) is 41.3 Å². The lowest BCUT2D eigenvalue weighted by atomic mass is 10.1. The molecule has 1 aliphatic rings. The van der Waals surface area contributed by atoms with Crippen molar-refractivity contribution in [3.8, 4) is 11.5 Å². The zero-order valence-corrected chi connectivity index (χ0v) is 16.5. The Kier molecular flexibility index (Phi) is 6.13. The van der Waals surface area contributed by atoms with Crippen LogP contribution in [0.5, 0.6) is 11.5 Å². The summed E-state index contributed by atoms with van der Waals surface area (Å²) in [5, 5.41) is 3.14. The van der Waals surface area contributed by atoms with Gasteiger partial charge in [0.1, 0.15) is 13.2 Å². The zero-order chi connectivity index (χ0) is 19.4. The number of nitrogens with zero attached hydrogens (tertiary/aromatic N) is 1. The van der Waals surface area contributed by atoms with Crippen molar-refractivity contribution in [1.82, 2.24) is 4.90 Å². The van der Waals surface area contributed by atoms with Gasteiger partial charge in [0, 0.05) is 17.5 Å². The van der Waals surface area contributed by atoms with Gasteiger partial charge < -0.3 is 19.7 Å². The first-order valence-corrected chi connectivity index (χ1v) is 9.87. The number of likely N-dealkylation sites (N-methyl/N-ethyl adjacent to an activating group) is 1. The summed E-state index contributed by atoms with van der Waals surface area (Å²) < 4.78 is 11.0. The number of rotatable bonds is 5. The molecule has 0 unspecified atom stereocenters. The molecule has 0 saturated carbocycles. The predicted octanol–water partition coefficient (Wildman–Crippen LogP) is 3.54. The quantitative estimate of drug-likeness (QED) is 0.769. The molecule has 0 saturated heterocycles. The third-order valence-corrected chi connectivity index (χ3v) is 5.03. The smallest absolute Gasteiger partial charge is 0.254 e. The molecule has 0 aromatic heterocycles. The minimum atomic E-state index is -0.331.